The molecule has 0 saturated heterocycles. The second-order valence-electron chi connectivity index (χ2n) is 4.55. The monoisotopic (exact) mass is 299 g/mol. The molecule has 1 aromatic heterocycles. The number of carbonyl (C=O) groups is 2. The van der Waals surface area contributed by atoms with Crippen molar-refractivity contribution in [3.05, 3.63) is 53.9 Å². The first-order chi connectivity index (χ1) is 10.6. The molecule has 2 aromatic rings. The average molecular weight is 299 g/mol. The summed E-state index contributed by atoms with van der Waals surface area (Å²) in [5.41, 5.74) is 6.24. The number of primary amides is 1. The van der Waals surface area contributed by atoms with Gasteiger partial charge in [-0.3, -0.25) is 9.59 Å². The van der Waals surface area contributed by atoms with Crippen LogP contribution < -0.4 is 16.4 Å². The summed E-state index contributed by atoms with van der Waals surface area (Å²) in [4.78, 5) is 31.8. The van der Waals surface area contributed by atoms with Crippen molar-refractivity contribution >= 4 is 17.8 Å². The molecule has 0 fully saturated rings. The largest absolute Gasteiger partial charge is 0.368 e. The zero-order valence-electron chi connectivity index (χ0n) is 12.1. The second-order valence-corrected chi connectivity index (χ2v) is 4.55. The lowest BCUT2D eigenvalue weighted by Crippen LogP contribution is -2.37. The van der Waals surface area contributed by atoms with Crippen molar-refractivity contribution in [1.29, 1.82) is 0 Å². The van der Waals surface area contributed by atoms with Gasteiger partial charge in [0, 0.05) is 18.9 Å². The van der Waals surface area contributed by atoms with Gasteiger partial charge in [-0.05, 0) is 12.5 Å². The van der Waals surface area contributed by atoms with E-state index >= 15 is 0 Å². The van der Waals surface area contributed by atoms with Crippen molar-refractivity contribution in [2.24, 2.45) is 5.73 Å². The first kappa shape index (κ1) is 15.4. The lowest BCUT2D eigenvalue weighted by molar-refractivity contribution is -0.120. The van der Waals surface area contributed by atoms with Crippen LogP contribution >= 0.6 is 0 Å². The van der Waals surface area contributed by atoms with E-state index in [-0.39, 0.29) is 5.56 Å². The van der Waals surface area contributed by atoms with E-state index in [9.17, 15) is 9.59 Å². The molecule has 0 bridgehead atoms. The fourth-order valence-corrected chi connectivity index (χ4v) is 1.87. The molecule has 114 valence electrons. The van der Waals surface area contributed by atoms with Gasteiger partial charge >= 0.3 is 0 Å². The third-order valence-corrected chi connectivity index (χ3v) is 2.94. The van der Waals surface area contributed by atoms with E-state index in [0.717, 1.165) is 0 Å². The Hall–Kier alpha value is -2.96. The maximum atomic E-state index is 12.2. The summed E-state index contributed by atoms with van der Waals surface area (Å²) in [6.45, 7) is 2.60. The van der Waals surface area contributed by atoms with Crippen molar-refractivity contribution in [1.82, 2.24) is 15.3 Å². The highest BCUT2D eigenvalue weighted by molar-refractivity contribution is 5.97. The smallest absolute Gasteiger partial charge is 0.255 e. The minimum atomic E-state index is -0.901. The molecule has 0 saturated carbocycles. The van der Waals surface area contributed by atoms with Crippen LogP contribution in [0.2, 0.25) is 0 Å². The number of hydrogen-bond donors (Lipinski definition) is 3. The van der Waals surface area contributed by atoms with Crippen LogP contribution in [0.1, 0.15) is 28.9 Å². The van der Waals surface area contributed by atoms with Crippen LogP contribution in [-0.4, -0.2) is 28.3 Å². The van der Waals surface area contributed by atoms with Crippen LogP contribution in [0.25, 0.3) is 0 Å². The van der Waals surface area contributed by atoms with Crippen molar-refractivity contribution in [2.75, 3.05) is 11.9 Å². The number of rotatable bonds is 6. The summed E-state index contributed by atoms with van der Waals surface area (Å²) in [7, 11) is 0. The Morgan fingerprint density at radius 1 is 1.18 bits per heavy atom. The van der Waals surface area contributed by atoms with Crippen LogP contribution in [0.3, 0.4) is 0 Å². The topological polar surface area (TPSA) is 110 Å². The molecule has 7 heteroatoms. The summed E-state index contributed by atoms with van der Waals surface area (Å²) in [5.74, 6) is -0.658. The van der Waals surface area contributed by atoms with Crippen LogP contribution in [0.5, 0.6) is 0 Å². The highest BCUT2D eigenvalue weighted by Crippen LogP contribution is 2.13. The number of nitrogens with two attached hydrogens (primary N) is 1. The zero-order valence-corrected chi connectivity index (χ0v) is 12.1. The molecule has 0 spiro atoms. The summed E-state index contributed by atoms with van der Waals surface area (Å²) in [5, 5.41) is 5.52. The van der Waals surface area contributed by atoms with Crippen molar-refractivity contribution in [3.63, 3.8) is 0 Å². The number of amides is 2. The number of aromatic nitrogens is 2. The normalized spacial score (nSPS) is 11.5. The van der Waals surface area contributed by atoms with Gasteiger partial charge in [-0.15, -0.1) is 0 Å². The second kappa shape index (κ2) is 7.16. The molecule has 7 nitrogen and oxygen atoms in total. The van der Waals surface area contributed by atoms with Gasteiger partial charge in [0.1, 0.15) is 6.04 Å². The van der Waals surface area contributed by atoms with Gasteiger partial charge in [-0.25, -0.2) is 9.97 Å². The Labute approximate surface area is 128 Å². The molecular formula is C15H17N5O2. The number of nitrogens with zero attached hydrogens (tertiary/aromatic N) is 2. The highest BCUT2D eigenvalue weighted by atomic mass is 16.2. The predicted molar refractivity (Wildman–Crippen MR) is 82.0 cm³/mol. The van der Waals surface area contributed by atoms with E-state index in [1.54, 1.807) is 24.3 Å². The molecule has 4 N–H and O–H groups in total. The van der Waals surface area contributed by atoms with Crippen LogP contribution in [0.4, 0.5) is 5.95 Å². The van der Waals surface area contributed by atoms with Gasteiger partial charge in [-0.1, -0.05) is 30.3 Å². The standard InChI is InChI=1S/C15H17N5O2/c1-2-17-15-18-8-11(9-19-15)14(22)20-12(13(16)21)10-6-4-3-5-7-10/h3-9,12H,2H2,1H3,(H2,16,21)(H,20,22)(H,17,18,19)/t12-/m0/s1. The molecule has 2 rings (SSSR count). The Kier molecular flexibility index (Phi) is 5.02. The number of benzene rings is 1. The minimum absolute atomic E-state index is 0.254. The quantitative estimate of drug-likeness (QED) is 0.733. The third kappa shape index (κ3) is 3.78. The first-order valence-electron chi connectivity index (χ1n) is 6.83. The zero-order chi connectivity index (χ0) is 15.9. The van der Waals surface area contributed by atoms with E-state index in [1.807, 2.05) is 13.0 Å². The van der Waals surface area contributed by atoms with Crippen LogP contribution in [0.15, 0.2) is 42.7 Å². The molecule has 0 aliphatic rings. The fourth-order valence-electron chi connectivity index (χ4n) is 1.87. The van der Waals surface area contributed by atoms with E-state index in [4.69, 9.17) is 5.73 Å². The van der Waals surface area contributed by atoms with E-state index in [1.165, 1.54) is 12.4 Å². The number of hydrogen-bond acceptors (Lipinski definition) is 5. The Morgan fingerprint density at radius 3 is 2.36 bits per heavy atom. The minimum Gasteiger partial charge on any atom is -0.368 e. The Morgan fingerprint density at radius 2 is 1.82 bits per heavy atom. The molecule has 0 aliphatic carbocycles. The lowest BCUT2D eigenvalue weighted by Gasteiger charge is -2.15. The van der Waals surface area contributed by atoms with Crippen molar-refractivity contribution in [3.8, 4) is 0 Å². The fraction of sp³-hybridized carbons (Fsp3) is 0.200. The summed E-state index contributed by atoms with van der Waals surface area (Å²) in [6.07, 6.45) is 2.78. The highest BCUT2D eigenvalue weighted by Gasteiger charge is 2.21. The predicted octanol–water partition coefficient (Wildman–Crippen LogP) is 0.865. The van der Waals surface area contributed by atoms with E-state index in [0.29, 0.717) is 18.1 Å². The number of carbonyl (C=O) groups excluding carboxylic acids is 2. The molecule has 22 heavy (non-hydrogen) atoms. The molecular weight excluding hydrogens is 282 g/mol. The lowest BCUT2D eigenvalue weighted by atomic mass is 10.1. The molecule has 1 atom stereocenters. The molecule has 0 aliphatic heterocycles. The van der Waals surface area contributed by atoms with Crippen molar-refractivity contribution in [2.45, 2.75) is 13.0 Å². The molecule has 0 radical (unpaired) electrons. The maximum Gasteiger partial charge on any atom is 0.255 e. The van der Waals surface area contributed by atoms with Gasteiger partial charge in [0.2, 0.25) is 11.9 Å². The van der Waals surface area contributed by atoms with Crippen LogP contribution in [-0.2, 0) is 4.79 Å². The molecule has 1 aromatic carbocycles. The van der Waals surface area contributed by atoms with E-state index < -0.39 is 17.9 Å². The molecule has 1 heterocycles. The van der Waals surface area contributed by atoms with Gasteiger partial charge < -0.3 is 16.4 Å². The van der Waals surface area contributed by atoms with Gasteiger partial charge in [0.15, 0.2) is 0 Å². The van der Waals surface area contributed by atoms with Gasteiger partial charge in [0.25, 0.3) is 5.91 Å². The maximum absolute atomic E-state index is 12.2. The first-order valence-corrected chi connectivity index (χ1v) is 6.83. The van der Waals surface area contributed by atoms with Crippen LogP contribution in [0, 0.1) is 0 Å². The number of nitrogens with one attached hydrogen (secondary N) is 2. The third-order valence-electron chi connectivity index (χ3n) is 2.94. The van der Waals surface area contributed by atoms with Gasteiger partial charge in [0.05, 0.1) is 5.56 Å². The van der Waals surface area contributed by atoms with Gasteiger partial charge in [-0.2, -0.15) is 0 Å². The number of anilines is 1. The summed E-state index contributed by atoms with van der Waals surface area (Å²) in [6, 6.07) is 7.90. The molecule has 0 unspecified atom stereocenters. The molecule has 2 amide bonds. The average Bonchev–Trinajstić information content (AvgIpc) is 2.54. The van der Waals surface area contributed by atoms with Crippen molar-refractivity contribution < 1.29 is 9.59 Å². The SMILES string of the molecule is CCNc1ncc(C(=O)N[C@H](C(N)=O)c2ccccc2)cn1. The Bertz CT molecular complexity index is 643. The summed E-state index contributed by atoms with van der Waals surface area (Å²) >= 11 is 0. The van der Waals surface area contributed by atoms with E-state index in [2.05, 4.69) is 20.6 Å². The Balaban J connectivity index is 2.13. The summed E-state index contributed by atoms with van der Waals surface area (Å²) < 4.78 is 0.